The second kappa shape index (κ2) is 7.69. The number of benzene rings is 1. The lowest BCUT2D eigenvalue weighted by Crippen LogP contribution is -2.23. The minimum absolute atomic E-state index is 0.0414. The molecule has 20 heavy (non-hydrogen) atoms. The lowest BCUT2D eigenvalue weighted by atomic mass is 10.0. The van der Waals surface area contributed by atoms with Gasteiger partial charge in [0.25, 0.3) is 0 Å². The first kappa shape index (κ1) is 14.6. The molecule has 1 aliphatic rings. The van der Waals surface area contributed by atoms with Crippen LogP contribution in [0.15, 0.2) is 24.3 Å². The van der Waals surface area contributed by atoms with Crippen LogP contribution in [0.2, 0.25) is 0 Å². The fourth-order valence-corrected chi connectivity index (χ4v) is 2.57. The lowest BCUT2D eigenvalue weighted by Gasteiger charge is -2.07. The van der Waals surface area contributed by atoms with Gasteiger partial charge in [-0.15, -0.1) is 0 Å². The van der Waals surface area contributed by atoms with E-state index < -0.39 is 0 Å². The summed E-state index contributed by atoms with van der Waals surface area (Å²) in [5.41, 5.74) is 0.368. The standard InChI is InChI=1S/C17H20FNO/c18-16-10-4-3-8-15(16)9-5-13-19-17(20)12-11-14-6-1-2-7-14/h3-4,8,10,14H,1-2,6-7,11-13H2,(H,19,20). The minimum atomic E-state index is -0.326. The van der Waals surface area contributed by atoms with Gasteiger partial charge in [0.15, 0.2) is 0 Å². The van der Waals surface area contributed by atoms with Gasteiger partial charge in [-0.2, -0.15) is 0 Å². The van der Waals surface area contributed by atoms with E-state index in [1.807, 2.05) is 0 Å². The molecule has 1 aromatic rings. The molecule has 3 heteroatoms. The highest BCUT2D eigenvalue weighted by Gasteiger charge is 2.15. The number of rotatable bonds is 4. The maximum absolute atomic E-state index is 13.3. The first-order valence-electron chi connectivity index (χ1n) is 7.26. The molecule has 1 aliphatic carbocycles. The zero-order chi connectivity index (χ0) is 14.2. The summed E-state index contributed by atoms with van der Waals surface area (Å²) in [6, 6.07) is 6.38. The van der Waals surface area contributed by atoms with Crippen LogP contribution in [-0.2, 0) is 4.79 Å². The fraction of sp³-hybridized carbons (Fsp3) is 0.471. The molecule has 1 amide bonds. The van der Waals surface area contributed by atoms with Gasteiger partial charge >= 0.3 is 0 Å². The second-order valence-corrected chi connectivity index (χ2v) is 5.25. The van der Waals surface area contributed by atoms with E-state index >= 15 is 0 Å². The van der Waals surface area contributed by atoms with Gasteiger partial charge in [0.1, 0.15) is 5.82 Å². The largest absolute Gasteiger partial charge is 0.345 e. The minimum Gasteiger partial charge on any atom is -0.345 e. The van der Waals surface area contributed by atoms with Crippen molar-refractivity contribution >= 4 is 5.91 Å². The molecule has 2 rings (SSSR count). The van der Waals surface area contributed by atoms with Crippen LogP contribution >= 0.6 is 0 Å². The van der Waals surface area contributed by atoms with Crippen LogP contribution in [0, 0.1) is 23.6 Å². The normalized spacial score (nSPS) is 14.7. The number of amides is 1. The van der Waals surface area contributed by atoms with Crippen LogP contribution in [0.25, 0.3) is 0 Å². The number of carbonyl (C=O) groups excluding carboxylic acids is 1. The molecule has 1 fully saturated rings. The van der Waals surface area contributed by atoms with Crippen LogP contribution in [0.5, 0.6) is 0 Å². The molecule has 0 aliphatic heterocycles. The van der Waals surface area contributed by atoms with Crippen LogP contribution in [0.1, 0.15) is 44.1 Å². The fourth-order valence-electron chi connectivity index (χ4n) is 2.57. The summed E-state index contributed by atoms with van der Waals surface area (Å²) >= 11 is 0. The Hall–Kier alpha value is -1.82. The van der Waals surface area contributed by atoms with E-state index in [2.05, 4.69) is 17.2 Å². The maximum Gasteiger partial charge on any atom is 0.220 e. The zero-order valence-electron chi connectivity index (χ0n) is 11.6. The molecule has 0 saturated heterocycles. The van der Waals surface area contributed by atoms with E-state index in [0.29, 0.717) is 12.0 Å². The summed E-state index contributed by atoms with van der Waals surface area (Å²) in [5, 5.41) is 2.76. The Morgan fingerprint density at radius 3 is 2.80 bits per heavy atom. The Bertz CT molecular complexity index is 509. The van der Waals surface area contributed by atoms with Gasteiger partial charge < -0.3 is 5.32 Å². The van der Waals surface area contributed by atoms with Gasteiger partial charge in [-0.1, -0.05) is 49.7 Å². The molecule has 0 atom stereocenters. The predicted molar refractivity (Wildman–Crippen MR) is 77.5 cm³/mol. The summed E-state index contributed by atoms with van der Waals surface area (Å²) < 4.78 is 13.3. The van der Waals surface area contributed by atoms with Crippen molar-refractivity contribution in [3.05, 3.63) is 35.6 Å². The number of hydrogen-bond acceptors (Lipinski definition) is 1. The number of hydrogen-bond donors (Lipinski definition) is 1. The third-order valence-electron chi connectivity index (χ3n) is 3.73. The first-order valence-corrected chi connectivity index (χ1v) is 7.26. The molecule has 106 valence electrons. The van der Waals surface area contributed by atoms with Crippen molar-refractivity contribution in [1.29, 1.82) is 0 Å². The average molecular weight is 273 g/mol. The first-order chi connectivity index (χ1) is 9.75. The summed E-state index contributed by atoms with van der Waals surface area (Å²) in [6.07, 6.45) is 6.69. The molecule has 0 unspecified atom stereocenters. The SMILES string of the molecule is O=C(CCC1CCCC1)NCC#Cc1ccccc1F. The topological polar surface area (TPSA) is 29.1 Å². The quantitative estimate of drug-likeness (QED) is 0.838. The van der Waals surface area contributed by atoms with Crippen LogP contribution in [0.4, 0.5) is 4.39 Å². The van der Waals surface area contributed by atoms with Gasteiger partial charge in [0.2, 0.25) is 5.91 Å². The molecular weight excluding hydrogens is 253 g/mol. The maximum atomic E-state index is 13.3. The van der Waals surface area contributed by atoms with Crippen molar-refractivity contribution in [2.45, 2.75) is 38.5 Å². The summed E-state index contributed by atoms with van der Waals surface area (Å²) in [4.78, 5) is 11.6. The van der Waals surface area contributed by atoms with Crippen molar-refractivity contribution in [2.75, 3.05) is 6.54 Å². The van der Waals surface area contributed by atoms with E-state index in [-0.39, 0.29) is 18.3 Å². The average Bonchev–Trinajstić information content (AvgIpc) is 2.96. The molecule has 0 bridgehead atoms. The zero-order valence-corrected chi connectivity index (χ0v) is 11.6. The van der Waals surface area contributed by atoms with Crippen molar-refractivity contribution in [1.82, 2.24) is 5.32 Å². The van der Waals surface area contributed by atoms with Crippen molar-refractivity contribution in [3.63, 3.8) is 0 Å². The Kier molecular flexibility index (Phi) is 5.61. The molecular formula is C17H20FNO. The summed E-state index contributed by atoms with van der Waals surface area (Å²) in [6.45, 7) is 0.276. The third-order valence-corrected chi connectivity index (χ3v) is 3.73. The third kappa shape index (κ3) is 4.70. The van der Waals surface area contributed by atoms with Crippen molar-refractivity contribution in [3.8, 4) is 11.8 Å². The van der Waals surface area contributed by atoms with Crippen molar-refractivity contribution < 1.29 is 9.18 Å². The van der Waals surface area contributed by atoms with Crippen molar-refractivity contribution in [2.24, 2.45) is 5.92 Å². The number of carbonyl (C=O) groups is 1. The predicted octanol–water partition coefficient (Wildman–Crippen LogP) is 3.26. The second-order valence-electron chi connectivity index (χ2n) is 5.25. The van der Waals surface area contributed by atoms with E-state index in [1.165, 1.54) is 31.7 Å². The molecule has 1 aromatic carbocycles. The van der Waals surface area contributed by atoms with Crippen LogP contribution in [0.3, 0.4) is 0 Å². The van der Waals surface area contributed by atoms with Gasteiger partial charge in [-0.3, -0.25) is 4.79 Å². The van der Waals surface area contributed by atoms with Gasteiger partial charge in [0, 0.05) is 6.42 Å². The van der Waals surface area contributed by atoms with E-state index in [1.54, 1.807) is 18.2 Å². The smallest absolute Gasteiger partial charge is 0.220 e. The van der Waals surface area contributed by atoms with Gasteiger partial charge in [-0.05, 0) is 24.5 Å². The van der Waals surface area contributed by atoms with Crippen LogP contribution < -0.4 is 5.32 Å². The summed E-state index contributed by atoms with van der Waals surface area (Å²) in [5.74, 6) is 5.95. The highest BCUT2D eigenvalue weighted by molar-refractivity contribution is 5.76. The summed E-state index contributed by atoms with van der Waals surface area (Å²) in [7, 11) is 0. The Morgan fingerprint density at radius 1 is 1.30 bits per heavy atom. The Balaban J connectivity index is 1.68. The number of halogens is 1. The highest BCUT2D eigenvalue weighted by atomic mass is 19.1. The highest BCUT2D eigenvalue weighted by Crippen LogP contribution is 2.28. The van der Waals surface area contributed by atoms with Crippen LogP contribution in [-0.4, -0.2) is 12.5 Å². The Labute approximate surface area is 119 Å². The van der Waals surface area contributed by atoms with E-state index in [0.717, 1.165) is 12.3 Å². The number of nitrogens with one attached hydrogen (secondary N) is 1. The molecule has 0 radical (unpaired) electrons. The van der Waals surface area contributed by atoms with Gasteiger partial charge in [-0.25, -0.2) is 4.39 Å². The molecule has 0 aromatic heterocycles. The molecule has 0 heterocycles. The molecule has 1 N–H and O–H groups in total. The monoisotopic (exact) mass is 273 g/mol. The lowest BCUT2D eigenvalue weighted by molar-refractivity contribution is -0.121. The van der Waals surface area contributed by atoms with E-state index in [4.69, 9.17) is 0 Å². The molecule has 0 spiro atoms. The molecule has 1 saturated carbocycles. The van der Waals surface area contributed by atoms with Gasteiger partial charge in [0.05, 0.1) is 12.1 Å². The molecule has 2 nitrogen and oxygen atoms in total. The Morgan fingerprint density at radius 2 is 2.05 bits per heavy atom. The van der Waals surface area contributed by atoms with E-state index in [9.17, 15) is 9.18 Å².